The molecule has 2 aromatic carbocycles. The first kappa shape index (κ1) is 21.3. The number of carbonyl (C=O) groups excluding carboxylic acids is 2. The highest BCUT2D eigenvalue weighted by Gasteiger charge is 2.14. The molecule has 0 aliphatic carbocycles. The van der Waals surface area contributed by atoms with Gasteiger partial charge >= 0.3 is 11.7 Å². The summed E-state index contributed by atoms with van der Waals surface area (Å²) in [7, 11) is 1.67. The summed E-state index contributed by atoms with van der Waals surface area (Å²) in [4.78, 5) is 40.8. The molecule has 4 rings (SSSR count). The number of nitrogens with zero attached hydrogens (tertiary/aromatic N) is 5. The van der Waals surface area contributed by atoms with E-state index in [1.54, 1.807) is 25.2 Å². The minimum absolute atomic E-state index is 0.0530. The first-order valence-electron chi connectivity index (χ1n) is 9.68. The van der Waals surface area contributed by atoms with Crippen molar-refractivity contribution in [1.29, 1.82) is 0 Å². The van der Waals surface area contributed by atoms with Gasteiger partial charge in [-0.25, -0.2) is 14.5 Å². The standard InChI is InChI=1S/C21H19ClN6O4/c1-26-17-4-2-3-5-18(17)27(21(26)31)9-8-20(30)32-11-19(29)25-15-10-14(22)6-7-16(15)28-13-23-12-24-28/h2-7,10,12-13H,8-9,11H2,1H3,(H,25,29). The largest absolute Gasteiger partial charge is 0.456 e. The zero-order valence-electron chi connectivity index (χ0n) is 17.1. The molecule has 0 saturated carbocycles. The molecule has 1 N–H and O–H groups in total. The van der Waals surface area contributed by atoms with Crippen LogP contribution in [0.25, 0.3) is 16.7 Å². The van der Waals surface area contributed by atoms with Gasteiger partial charge in [0, 0.05) is 18.6 Å². The van der Waals surface area contributed by atoms with Gasteiger partial charge in [-0.2, -0.15) is 5.10 Å². The number of imidazole rings is 1. The van der Waals surface area contributed by atoms with E-state index in [0.717, 1.165) is 11.0 Å². The van der Waals surface area contributed by atoms with Crippen LogP contribution in [0.5, 0.6) is 0 Å². The number of amides is 1. The van der Waals surface area contributed by atoms with E-state index in [-0.39, 0.29) is 18.7 Å². The third-order valence-electron chi connectivity index (χ3n) is 4.85. The highest BCUT2D eigenvalue weighted by molar-refractivity contribution is 6.31. The Morgan fingerprint density at radius 2 is 1.94 bits per heavy atom. The molecule has 32 heavy (non-hydrogen) atoms. The van der Waals surface area contributed by atoms with Crippen LogP contribution < -0.4 is 11.0 Å². The number of fused-ring (bicyclic) bond motifs is 1. The predicted molar refractivity (Wildman–Crippen MR) is 118 cm³/mol. The van der Waals surface area contributed by atoms with Crippen molar-refractivity contribution in [2.24, 2.45) is 7.05 Å². The fraction of sp³-hybridized carbons (Fsp3) is 0.190. The Bertz CT molecular complexity index is 1340. The lowest BCUT2D eigenvalue weighted by molar-refractivity contribution is -0.147. The Kier molecular flexibility index (Phi) is 6.04. The molecule has 0 spiro atoms. The third-order valence-corrected chi connectivity index (χ3v) is 5.09. The Morgan fingerprint density at radius 1 is 1.16 bits per heavy atom. The van der Waals surface area contributed by atoms with Gasteiger partial charge in [-0.3, -0.25) is 18.7 Å². The topological polar surface area (TPSA) is 113 Å². The first-order chi connectivity index (χ1) is 15.4. The molecular formula is C21H19ClN6O4. The quantitative estimate of drug-likeness (QED) is 0.428. The number of esters is 1. The van der Waals surface area contributed by atoms with Gasteiger partial charge in [-0.05, 0) is 30.3 Å². The summed E-state index contributed by atoms with van der Waals surface area (Å²) in [5.41, 5.74) is 2.23. The minimum Gasteiger partial charge on any atom is -0.456 e. The van der Waals surface area contributed by atoms with E-state index < -0.39 is 18.5 Å². The molecule has 0 radical (unpaired) electrons. The monoisotopic (exact) mass is 454 g/mol. The highest BCUT2D eigenvalue weighted by Crippen LogP contribution is 2.23. The SMILES string of the molecule is Cn1c(=O)n(CCC(=O)OCC(=O)Nc2cc(Cl)ccc2-n2cncn2)c2ccccc21. The van der Waals surface area contributed by atoms with Crippen molar-refractivity contribution in [3.8, 4) is 5.69 Å². The van der Waals surface area contributed by atoms with Crippen molar-refractivity contribution in [3.63, 3.8) is 0 Å². The predicted octanol–water partition coefficient (Wildman–Crippen LogP) is 2.15. The molecular weight excluding hydrogens is 436 g/mol. The summed E-state index contributed by atoms with van der Waals surface area (Å²) >= 11 is 6.03. The Labute approximate surface area is 187 Å². The molecule has 0 saturated heterocycles. The second-order valence-electron chi connectivity index (χ2n) is 6.94. The van der Waals surface area contributed by atoms with Crippen molar-refractivity contribution >= 4 is 40.2 Å². The average Bonchev–Trinajstić information content (AvgIpc) is 3.39. The number of para-hydroxylation sites is 2. The molecule has 0 aliphatic heterocycles. The van der Waals surface area contributed by atoms with Gasteiger partial charge < -0.3 is 10.1 Å². The molecule has 11 heteroatoms. The number of halogens is 1. The molecule has 4 aromatic rings. The summed E-state index contributed by atoms with van der Waals surface area (Å²) in [5, 5.41) is 7.11. The van der Waals surface area contributed by atoms with Crippen LogP contribution in [0, 0.1) is 0 Å². The van der Waals surface area contributed by atoms with Gasteiger partial charge in [0.25, 0.3) is 5.91 Å². The van der Waals surface area contributed by atoms with Gasteiger partial charge in [0.15, 0.2) is 6.61 Å². The Hall–Kier alpha value is -3.92. The molecule has 0 atom stereocenters. The van der Waals surface area contributed by atoms with E-state index >= 15 is 0 Å². The number of hydrogen-bond acceptors (Lipinski definition) is 6. The van der Waals surface area contributed by atoms with E-state index in [9.17, 15) is 14.4 Å². The van der Waals surface area contributed by atoms with Crippen molar-refractivity contribution in [3.05, 3.63) is 70.6 Å². The van der Waals surface area contributed by atoms with E-state index in [2.05, 4.69) is 15.4 Å². The average molecular weight is 455 g/mol. The number of nitrogens with one attached hydrogen (secondary N) is 1. The van der Waals surface area contributed by atoms with Crippen LogP contribution in [-0.2, 0) is 27.9 Å². The van der Waals surface area contributed by atoms with Crippen LogP contribution in [-0.4, -0.2) is 42.4 Å². The van der Waals surface area contributed by atoms with E-state index in [4.69, 9.17) is 16.3 Å². The maximum Gasteiger partial charge on any atom is 0.328 e. The smallest absolute Gasteiger partial charge is 0.328 e. The number of hydrogen-bond donors (Lipinski definition) is 1. The second kappa shape index (κ2) is 9.06. The summed E-state index contributed by atoms with van der Waals surface area (Å²) in [6.45, 7) is -0.335. The fourth-order valence-corrected chi connectivity index (χ4v) is 3.50. The first-order valence-corrected chi connectivity index (χ1v) is 10.1. The van der Waals surface area contributed by atoms with Crippen LogP contribution in [0.1, 0.15) is 6.42 Å². The molecule has 0 unspecified atom stereocenters. The number of carbonyl (C=O) groups is 2. The van der Waals surface area contributed by atoms with Crippen molar-refractivity contribution in [2.75, 3.05) is 11.9 Å². The van der Waals surface area contributed by atoms with Crippen LogP contribution in [0.2, 0.25) is 5.02 Å². The third kappa shape index (κ3) is 4.40. The van der Waals surface area contributed by atoms with Crippen LogP contribution in [0.4, 0.5) is 5.69 Å². The summed E-state index contributed by atoms with van der Waals surface area (Å²) in [6, 6.07) is 12.2. The Balaban J connectivity index is 1.36. The van der Waals surface area contributed by atoms with Crippen molar-refractivity contribution in [1.82, 2.24) is 23.9 Å². The highest BCUT2D eigenvalue weighted by atomic mass is 35.5. The van der Waals surface area contributed by atoms with Gasteiger partial charge in [0.1, 0.15) is 12.7 Å². The number of benzene rings is 2. The molecule has 0 aliphatic rings. The number of rotatable bonds is 7. The normalized spacial score (nSPS) is 10.9. The molecule has 2 heterocycles. The lowest BCUT2D eigenvalue weighted by atomic mass is 10.2. The van der Waals surface area contributed by atoms with E-state index in [0.29, 0.717) is 16.4 Å². The number of anilines is 1. The summed E-state index contributed by atoms with van der Waals surface area (Å²) in [5.74, 6) is -1.13. The number of ether oxygens (including phenoxy) is 1. The Morgan fingerprint density at radius 3 is 2.69 bits per heavy atom. The fourth-order valence-electron chi connectivity index (χ4n) is 3.33. The summed E-state index contributed by atoms with van der Waals surface area (Å²) < 4.78 is 9.58. The molecule has 164 valence electrons. The van der Waals surface area contributed by atoms with E-state index in [1.165, 1.54) is 26.5 Å². The van der Waals surface area contributed by atoms with Crippen molar-refractivity contribution in [2.45, 2.75) is 13.0 Å². The maximum absolute atomic E-state index is 12.4. The van der Waals surface area contributed by atoms with Crippen LogP contribution in [0.3, 0.4) is 0 Å². The molecule has 10 nitrogen and oxygen atoms in total. The van der Waals surface area contributed by atoms with Gasteiger partial charge in [0.05, 0.1) is 28.8 Å². The number of aryl methyl sites for hydroxylation is 2. The molecule has 1 amide bonds. The zero-order valence-corrected chi connectivity index (χ0v) is 17.8. The van der Waals surface area contributed by atoms with E-state index in [1.807, 2.05) is 24.3 Å². The van der Waals surface area contributed by atoms with Crippen LogP contribution >= 0.6 is 11.6 Å². The number of aromatic nitrogens is 5. The van der Waals surface area contributed by atoms with Crippen LogP contribution in [0.15, 0.2) is 59.9 Å². The molecule has 0 fully saturated rings. The minimum atomic E-state index is -0.595. The maximum atomic E-state index is 12.4. The van der Waals surface area contributed by atoms with Gasteiger partial charge in [0.2, 0.25) is 0 Å². The second-order valence-corrected chi connectivity index (χ2v) is 7.38. The summed E-state index contributed by atoms with van der Waals surface area (Å²) in [6.07, 6.45) is 2.79. The van der Waals surface area contributed by atoms with Crippen molar-refractivity contribution < 1.29 is 14.3 Å². The lowest BCUT2D eigenvalue weighted by Gasteiger charge is -2.11. The lowest BCUT2D eigenvalue weighted by Crippen LogP contribution is -2.25. The van der Waals surface area contributed by atoms with Gasteiger partial charge in [-0.1, -0.05) is 23.7 Å². The van der Waals surface area contributed by atoms with Gasteiger partial charge in [-0.15, -0.1) is 0 Å². The molecule has 0 bridgehead atoms. The zero-order chi connectivity index (χ0) is 22.7. The molecule has 2 aromatic heterocycles.